The molecule has 0 N–H and O–H groups in total. The van der Waals surface area contributed by atoms with Crippen molar-refractivity contribution in [3.05, 3.63) is 35.9 Å². The highest BCUT2D eigenvalue weighted by atomic mass is 16.1. The first-order valence-corrected chi connectivity index (χ1v) is 8.39. The van der Waals surface area contributed by atoms with Gasteiger partial charge in [0.25, 0.3) is 0 Å². The summed E-state index contributed by atoms with van der Waals surface area (Å²) in [5.74, 6) is 1.57. The van der Waals surface area contributed by atoms with Gasteiger partial charge in [0.2, 0.25) is 0 Å². The first kappa shape index (κ1) is 15.3. The molecule has 1 aromatic carbocycles. The number of rotatable bonds is 7. The standard InChI is InChI=1S/C19H28O/c1-2-3-4-8-11-19(20)18-14-12-17(13-15-18)16-9-6-5-7-10-16/h5-7,9-10,17-18H,2-4,8,11-15H2,1H3. The molecule has 1 aliphatic rings. The largest absolute Gasteiger partial charge is 0.299 e. The van der Waals surface area contributed by atoms with Gasteiger partial charge in [-0.3, -0.25) is 4.79 Å². The summed E-state index contributed by atoms with van der Waals surface area (Å²) < 4.78 is 0. The van der Waals surface area contributed by atoms with E-state index in [-0.39, 0.29) is 0 Å². The highest BCUT2D eigenvalue weighted by Crippen LogP contribution is 2.36. The maximum absolute atomic E-state index is 12.2. The smallest absolute Gasteiger partial charge is 0.135 e. The minimum absolute atomic E-state index is 0.358. The third-order valence-electron chi connectivity index (χ3n) is 4.73. The Morgan fingerprint density at radius 3 is 2.35 bits per heavy atom. The zero-order valence-electron chi connectivity index (χ0n) is 12.8. The molecule has 0 radical (unpaired) electrons. The number of benzene rings is 1. The van der Waals surface area contributed by atoms with Gasteiger partial charge in [0.1, 0.15) is 5.78 Å². The van der Waals surface area contributed by atoms with E-state index in [1.165, 1.54) is 37.7 Å². The molecule has 1 aliphatic carbocycles. The number of carbonyl (C=O) groups is 1. The van der Waals surface area contributed by atoms with Crippen molar-refractivity contribution in [2.45, 2.75) is 70.6 Å². The van der Waals surface area contributed by atoms with E-state index in [1.807, 2.05) is 0 Å². The number of carbonyl (C=O) groups excluding carboxylic acids is 1. The maximum atomic E-state index is 12.2. The van der Waals surface area contributed by atoms with Crippen LogP contribution in [-0.2, 0) is 4.79 Å². The zero-order valence-corrected chi connectivity index (χ0v) is 12.8. The second-order valence-electron chi connectivity index (χ2n) is 6.24. The number of unbranched alkanes of at least 4 members (excludes halogenated alkanes) is 3. The predicted molar refractivity (Wildman–Crippen MR) is 84.9 cm³/mol. The Bertz CT molecular complexity index is 387. The molecule has 0 saturated heterocycles. The minimum atomic E-state index is 0.358. The van der Waals surface area contributed by atoms with Crippen molar-refractivity contribution in [2.24, 2.45) is 5.92 Å². The van der Waals surface area contributed by atoms with E-state index >= 15 is 0 Å². The third kappa shape index (κ3) is 4.47. The van der Waals surface area contributed by atoms with Crippen LogP contribution < -0.4 is 0 Å². The van der Waals surface area contributed by atoms with Crippen molar-refractivity contribution in [3.8, 4) is 0 Å². The predicted octanol–water partition coefficient (Wildman–Crippen LogP) is 5.50. The van der Waals surface area contributed by atoms with Crippen LogP contribution in [0.3, 0.4) is 0 Å². The summed E-state index contributed by atoms with van der Waals surface area (Å²) in [4.78, 5) is 12.2. The number of hydrogen-bond acceptors (Lipinski definition) is 1. The normalized spacial score (nSPS) is 22.6. The van der Waals surface area contributed by atoms with Crippen LogP contribution >= 0.6 is 0 Å². The average molecular weight is 272 g/mol. The number of hydrogen-bond donors (Lipinski definition) is 0. The third-order valence-corrected chi connectivity index (χ3v) is 4.73. The lowest BCUT2D eigenvalue weighted by atomic mass is 9.76. The second-order valence-corrected chi connectivity index (χ2v) is 6.24. The molecule has 110 valence electrons. The lowest BCUT2D eigenvalue weighted by Crippen LogP contribution is -2.21. The quantitative estimate of drug-likeness (QED) is 0.599. The van der Waals surface area contributed by atoms with Crippen LogP contribution in [0, 0.1) is 5.92 Å². The zero-order chi connectivity index (χ0) is 14.2. The van der Waals surface area contributed by atoms with Crippen molar-refractivity contribution in [3.63, 3.8) is 0 Å². The Morgan fingerprint density at radius 2 is 1.70 bits per heavy atom. The summed E-state index contributed by atoms with van der Waals surface area (Å²) in [6.07, 6.45) is 10.3. The van der Waals surface area contributed by atoms with Crippen LogP contribution in [0.4, 0.5) is 0 Å². The van der Waals surface area contributed by atoms with Gasteiger partial charge < -0.3 is 0 Å². The molecule has 0 aromatic heterocycles. The first-order valence-electron chi connectivity index (χ1n) is 8.39. The SMILES string of the molecule is CCCCCCC(=O)C1CCC(c2ccccc2)CC1. The van der Waals surface area contributed by atoms with E-state index in [4.69, 9.17) is 0 Å². The lowest BCUT2D eigenvalue weighted by Gasteiger charge is -2.28. The van der Waals surface area contributed by atoms with Crippen LogP contribution in [-0.4, -0.2) is 5.78 Å². The topological polar surface area (TPSA) is 17.1 Å². The fourth-order valence-corrected chi connectivity index (χ4v) is 3.40. The van der Waals surface area contributed by atoms with Gasteiger partial charge in [0.05, 0.1) is 0 Å². The minimum Gasteiger partial charge on any atom is -0.299 e. The molecule has 1 nitrogen and oxygen atoms in total. The van der Waals surface area contributed by atoms with Gasteiger partial charge in [-0.1, -0.05) is 56.5 Å². The van der Waals surface area contributed by atoms with Crippen molar-refractivity contribution in [1.29, 1.82) is 0 Å². The summed E-state index contributed by atoms with van der Waals surface area (Å²) in [6.45, 7) is 2.21. The van der Waals surface area contributed by atoms with E-state index in [0.29, 0.717) is 17.6 Å². The molecule has 0 spiro atoms. The molecular weight excluding hydrogens is 244 g/mol. The van der Waals surface area contributed by atoms with E-state index in [2.05, 4.69) is 37.3 Å². The van der Waals surface area contributed by atoms with Crippen LogP contribution in [0.1, 0.15) is 76.2 Å². The Kier molecular flexibility index (Phi) is 6.29. The van der Waals surface area contributed by atoms with E-state index < -0.39 is 0 Å². The van der Waals surface area contributed by atoms with Crippen molar-refractivity contribution < 1.29 is 4.79 Å². The molecule has 1 fully saturated rings. The fraction of sp³-hybridized carbons (Fsp3) is 0.632. The first-order chi connectivity index (χ1) is 9.81. The molecule has 20 heavy (non-hydrogen) atoms. The molecule has 1 saturated carbocycles. The van der Waals surface area contributed by atoms with Crippen LogP contribution in [0.5, 0.6) is 0 Å². The van der Waals surface area contributed by atoms with Crippen molar-refractivity contribution in [1.82, 2.24) is 0 Å². The molecule has 0 aliphatic heterocycles. The van der Waals surface area contributed by atoms with Crippen molar-refractivity contribution in [2.75, 3.05) is 0 Å². The summed E-state index contributed by atoms with van der Waals surface area (Å²) in [7, 11) is 0. The molecule has 0 bridgehead atoms. The Morgan fingerprint density at radius 1 is 1.00 bits per heavy atom. The van der Waals surface area contributed by atoms with E-state index in [0.717, 1.165) is 25.7 Å². The van der Waals surface area contributed by atoms with Gasteiger partial charge >= 0.3 is 0 Å². The summed E-state index contributed by atoms with van der Waals surface area (Å²) >= 11 is 0. The monoisotopic (exact) mass is 272 g/mol. The van der Waals surface area contributed by atoms with Crippen molar-refractivity contribution >= 4 is 5.78 Å². The van der Waals surface area contributed by atoms with E-state index in [9.17, 15) is 4.79 Å². The molecule has 1 heteroatoms. The maximum Gasteiger partial charge on any atom is 0.135 e. The molecule has 2 rings (SSSR count). The van der Waals surface area contributed by atoms with Gasteiger partial charge in [-0.15, -0.1) is 0 Å². The van der Waals surface area contributed by atoms with E-state index in [1.54, 1.807) is 0 Å². The van der Waals surface area contributed by atoms with Gasteiger partial charge in [0, 0.05) is 12.3 Å². The van der Waals surface area contributed by atoms with Gasteiger partial charge in [-0.05, 0) is 43.6 Å². The van der Waals surface area contributed by atoms with Crippen LogP contribution in [0.15, 0.2) is 30.3 Å². The second kappa shape index (κ2) is 8.24. The number of Topliss-reactive ketones (excluding diaryl/α,β-unsaturated/α-hetero) is 1. The lowest BCUT2D eigenvalue weighted by molar-refractivity contribution is -0.124. The molecule has 0 heterocycles. The summed E-state index contributed by atoms with van der Waals surface area (Å²) in [5, 5.41) is 0. The number of ketones is 1. The fourth-order valence-electron chi connectivity index (χ4n) is 3.40. The van der Waals surface area contributed by atoms with Gasteiger partial charge in [0.15, 0.2) is 0 Å². The molecule has 0 unspecified atom stereocenters. The summed E-state index contributed by atoms with van der Waals surface area (Å²) in [5.41, 5.74) is 1.46. The summed E-state index contributed by atoms with van der Waals surface area (Å²) in [6, 6.07) is 10.8. The molecule has 0 amide bonds. The molecule has 1 aromatic rings. The Balaban J connectivity index is 1.72. The highest BCUT2D eigenvalue weighted by Gasteiger charge is 2.26. The van der Waals surface area contributed by atoms with Gasteiger partial charge in [-0.2, -0.15) is 0 Å². The Hall–Kier alpha value is -1.11. The van der Waals surface area contributed by atoms with Gasteiger partial charge in [-0.25, -0.2) is 0 Å². The van der Waals surface area contributed by atoms with Crippen LogP contribution in [0.2, 0.25) is 0 Å². The highest BCUT2D eigenvalue weighted by molar-refractivity contribution is 5.81. The van der Waals surface area contributed by atoms with Crippen LogP contribution in [0.25, 0.3) is 0 Å². The average Bonchev–Trinajstić information content (AvgIpc) is 2.52. The Labute approximate surface area is 123 Å². The molecular formula is C19H28O. The molecule has 0 atom stereocenters.